The smallest absolute Gasteiger partial charge is 0.280 e. The number of ether oxygens (including phenoxy) is 2. The first-order valence-corrected chi connectivity index (χ1v) is 8.88. The van der Waals surface area contributed by atoms with E-state index in [4.69, 9.17) is 32.7 Å². The van der Waals surface area contributed by atoms with Crippen LogP contribution in [-0.4, -0.2) is 30.4 Å². The molecule has 6 nitrogen and oxygen atoms in total. The number of methoxy groups -OCH3 is 1. The molecule has 0 heterocycles. The molecule has 0 bridgehead atoms. The Hall–Kier alpha value is -1.96. The topological polar surface area (TPSA) is 80.2 Å². The Morgan fingerprint density at radius 3 is 2.69 bits per heavy atom. The monoisotopic (exact) mass is 460 g/mol. The Kier molecular flexibility index (Phi) is 7.14. The zero-order valence-corrected chi connectivity index (χ0v) is 16.9. The molecule has 0 radical (unpaired) electrons. The Balaban J connectivity index is 1.99. The summed E-state index contributed by atoms with van der Waals surface area (Å²) in [6.45, 7) is 1.57. The van der Waals surface area contributed by atoms with E-state index in [2.05, 4.69) is 26.5 Å². The van der Waals surface area contributed by atoms with Crippen LogP contribution in [0.3, 0.4) is 0 Å². The number of halogens is 3. The van der Waals surface area contributed by atoms with Gasteiger partial charge in [0.1, 0.15) is 5.75 Å². The first kappa shape index (κ1) is 20.4. The minimum Gasteiger partial charge on any atom is -0.503 e. The molecule has 26 heavy (non-hydrogen) atoms. The molecule has 2 aromatic carbocycles. The van der Waals surface area contributed by atoms with Crippen molar-refractivity contribution in [1.82, 2.24) is 5.43 Å². The van der Waals surface area contributed by atoms with Crippen LogP contribution in [0, 0.1) is 0 Å². The predicted molar refractivity (Wildman–Crippen MR) is 105 cm³/mol. The Bertz CT molecular complexity index is 846. The van der Waals surface area contributed by atoms with E-state index in [0.717, 1.165) is 0 Å². The quantitative estimate of drug-likeness (QED) is 0.493. The summed E-state index contributed by atoms with van der Waals surface area (Å²) in [5.41, 5.74) is 2.98. The Morgan fingerprint density at radius 1 is 1.31 bits per heavy atom. The lowest BCUT2D eigenvalue weighted by Crippen LogP contribution is -2.33. The fourth-order valence-electron chi connectivity index (χ4n) is 1.90. The second-order valence-electron chi connectivity index (χ2n) is 5.12. The summed E-state index contributed by atoms with van der Waals surface area (Å²) in [6, 6.07) is 7.92. The first-order chi connectivity index (χ1) is 12.3. The number of aromatic hydroxyl groups is 1. The lowest BCUT2D eigenvalue weighted by molar-refractivity contribution is -0.127. The number of hydrogen-bond donors (Lipinski definition) is 2. The van der Waals surface area contributed by atoms with Crippen molar-refractivity contribution in [2.45, 2.75) is 13.0 Å². The van der Waals surface area contributed by atoms with Crippen molar-refractivity contribution in [2.75, 3.05) is 7.11 Å². The van der Waals surface area contributed by atoms with Gasteiger partial charge < -0.3 is 14.6 Å². The van der Waals surface area contributed by atoms with Crippen molar-refractivity contribution in [3.05, 3.63) is 50.4 Å². The summed E-state index contributed by atoms with van der Waals surface area (Å²) in [7, 11) is 1.44. The number of nitrogens with one attached hydrogen (secondary N) is 1. The Labute approximate surface area is 168 Å². The fourth-order valence-corrected chi connectivity index (χ4v) is 2.81. The number of rotatable bonds is 6. The molecule has 1 unspecified atom stereocenters. The minimum atomic E-state index is -0.827. The molecule has 138 valence electrons. The van der Waals surface area contributed by atoms with Gasteiger partial charge in [0.05, 0.1) is 22.8 Å². The molecule has 0 aliphatic carbocycles. The summed E-state index contributed by atoms with van der Waals surface area (Å²) >= 11 is 15.0. The largest absolute Gasteiger partial charge is 0.503 e. The minimum absolute atomic E-state index is 0.0180. The van der Waals surface area contributed by atoms with Crippen LogP contribution in [0.2, 0.25) is 10.0 Å². The van der Waals surface area contributed by atoms with Crippen LogP contribution in [0.1, 0.15) is 12.5 Å². The van der Waals surface area contributed by atoms with Crippen LogP contribution in [0.5, 0.6) is 17.2 Å². The lowest BCUT2D eigenvalue weighted by atomic mass is 10.2. The van der Waals surface area contributed by atoms with Crippen LogP contribution < -0.4 is 14.9 Å². The van der Waals surface area contributed by atoms with E-state index >= 15 is 0 Å². The van der Waals surface area contributed by atoms with Crippen molar-refractivity contribution in [1.29, 1.82) is 0 Å². The second-order valence-corrected chi connectivity index (χ2v) is 6.82. The van der Waals surface area contributed by atoms with Gasteiger partial charge in [0.15, 0.2) is 17.6 Å². The molecule has 2 rings (SSSR count). The Morgan fingerprint density at radius 2 is 2.04 bits per heavy atom. The van der Waals surface area contributed by atoms with Crippen molar-refractivity contribution in [2.24, 2.45) is 5.10 Å². The molecule has 2 aromatic rings. The van der Waals surface area contributed by atoms with Gasteiger partial charge in [-0.15, -0.1) is 0 Å². The molecule has 1 amide bonds. The SMILES string of the molecule is COc1cc(C=NNC(=O)C(C)Oc2ccc(Cl)cc2Cl)cc(Br)c1O. The highest BCUT2D eigenvalue weighted by atomic mass is 79.9. The van der Waals surface area contributed by atoms with Gasteiger partial charge in [-0.1, -0.05) is 23.2 Å². The average Bonchev–Trinajstić information content (AvgIpc) is 2.60. The standard InChI is InChI=1S/C17H15BrCl2N2O4/c1-9(26-14-4-3-11(19)7-13(14)20)17(24)22-21-8-10-5-12(18)16(23)15(6-10)25-2/h3-9,23H,1-2H3,(H,22,24). The molecular formula is C17H15BrCl2N2O4. The maximum absolute atomic E-state index is 12.1. The number of carbonyl (C=O) groups excluding carboxylic acids is 1. The molecule has 0 fully saturated rings. The maximum atomic E-state index is 12.1. The van der Waals surface area contributed by atoms with Gasteiger partial charge >= 0.3 is 0 Å². The first-order valence-electron chi connectivity index (χ1n) is 7.33. The number of hydrazone groups is 1. The normalized spacial score (nSPS) is 12.0. The highest BCUT2D eigenvalue weighted by Gasteiger charge is 2.16. The molecular weight excluding hydrogens is 447 g/mol. The second kappa shape index (κ2) is 9.12. The number of amides is 1. The summed E-state index contributed by atoms with van der Waals surface area (Å²) in [6.07, 6.45) is 0.582. The fraction of sp³-hybridized carbons (Fsp3) is 0.176. The number of benzene rings is 2. The van der Waals surface area contributed by atoms with E-state index in [-0.39, 0.29) is 11.5 Å². The van der Waals surface area contributed by atoms with Crippen LogP contribution in [0.4, 0.5) is 0 Å². The van der Waals surface area contributed by atoms with Crippen LogP contribution in [0.25, 0.3) is 0 Å². The highest BCUT2D eigenvalue weighted by Crippen LogP contribution is 2.34. The third-order valence-corrected chi connectivity index (χ3v) is 4.36. The summed E-state index contributed by atoms with van der Waals surface area (Å²) < 4.78 is 11.0. The molecule has 0 aliphatic rings. The molecule has 0 saturated heterocycles. The van der Waals surface area contributed by atoms with E-state index in [0.29, 0.717) is 25.8 Å². The van der Waals surface area contributed by atoms with Crippen molar-refractivity contribution in [3.8, 4) is 17.2 Å². The molecule has 1 atom stereocenters. The van der Waals surface area contributed by atoms with Crippen molar-refractivity contribution < 1.29 is 19.4 Å². The molecule has 0 saturated carbocycles. The van der Waals surface area contributed by atoms with E-state index in [9.17, 15) is 9.90 Å². The van der Waals surface area contributed by atoms with Crippen LogP contribution >= 0.6 is 39.1 Å². The van der Waals surface area contributed by atoms with Crippen LogP contribution in [0.15, 0.2) is 39.9 Å². The molecule has 2 N–H and O–H groups in total. The molecule has 0 spiro atoms. The predicted octanol–water partition coefficient (Wildman–Crippen LogP) is 4.39. The van der Waals surface area contributed by atoms with E-state index in [1.807, 2.05) is 0 Å². The molecule has 0 aliphatic heterocycles. The maximum Gasteiger partial charge on any atom is 0.280 e. The number of phenolic OH excluding ortho intramolecular Hbond substituents is 1. The van der Waals surface area contributed by atoms with Crippen molar-refractivity contribution >= 4 is 51.3 Å². The number of hydrogen-bond acceptors (Lipinski definition) is 5. The number of phenols is 1. The molecule has 0 aromatic heterocycles. The zero-order chi connectivity index (χ0) is 19.3. The van der Waals surface area contributed by atoms with Gasteiger partial charge in [-0.05, 0) is 58.7 Å². The summed E-state index contributed by atoms with van der Waals surface area (Å²) in [4.78, 5) is 12.1. The van der Waals surface area contributed by atoms with Gasteiger partial charge in [0.2, 0.25) is 0 Å². The van der Waals surface area contributed by atoms with Gasteiger partial charge in [-0.25, -0.2) is 5.43 Å². The zero-order valence-electron chi connectivity index (χ0n) is 13.8. The van der Waals surface area contributed by atoms with Gasteiger partial charge in [-0.3, -0.25) is 4.79 Å². The highest BCUT2D eigenvalue weighted by molar-refractivity contribution is 9.10. The molecule has 9 heteroatoms. The van der Waals surface area contributed by atoms with Crippen molar-refractivity contribution in [3.63, 3.8) is 0 Å². The third-order valence-electron chi connectivity index (χ3n) is 3.23. The van der Waals surface area contributed by atoms with E-state index < -0.39 is 12.0 Å². The van der Waals surface area contributed by atoms with Crippen LogP contribution in [-0.2, 0) is 4.79 Å². The summed E-state index contributed by atoms with van der Waals surface area (Å²) in [5, 5.41) is 14.4. The lowest BCUT2D eigenvalue weighted by Gasteiger charge is -2.14. The number of nitrogens with zero attached hydrogens (tertiary/aromatic N) is 1. The number of carbonyl (C=O) groups is 1. The van der Waals surface area contributed by atoms with Gasteiger partial charge in [0, 0.05) is 5.02 Å². The van der Waals surface area contributed by atoms with Gasteiger partial charge in [-0.2, -0.15) is 5.10 Å². The van der Waals surface area contributed by atoms with E-state index in [1.165, 1.54) is 19.4 Å². The third kappa shape index (κ3) is 5.27. The van der Waals surface area contributed by atoms with E-state index in [1.54, 1.807) is 31.2 Å². The average molecular weight is 462 g/mol. The summed E-state index contributed by atoms with van der Waals surface area (Å²) in [5.74, 6) is 0.142. The van der Waals surface area contributed by atoms with Gasteiger partial charge in [0.25, 0.3) is 5.91 Å².